The van der Waals surface area contributed by atoms with Gasteiger partial charge in [-0.05, 0) is 42.1 Å². The number of morpholine rings is 1. The molecule has 0 atom stereocenters. The summed E-state index contributed by atoms with van der Waals surface area (Å²) < 4.78 is 73.7. The summed E-state index contributed by atoms with van der Waals surface area (Å²) in [6, 6.07) is 13.4. The van der Waals surface area contributed by atoms with Crippen LogP contribution in [0.4, 0.5) is 37.8 Å². The van der Waals surface area contributed by atoms with Crippen molar-refractivity contribution in [3.05, 3.63) is 64.5 Å². The van der Waals surface area contributed by atoms with Crippen LogP contribution in [0.25, 0.3) is 5.65 Å². The zero-order valence-electron chi connectivity index (χ0n) is 23.1. The van der Waals surface area contributed by atoms with E-state index < -0.39 is 18.8 Å². The Morgan fingerprint density at radius 1 is 1.13 bits per heavy atom. The molecule has 4 aromatic rings. The van der Waals surface area contributed by atoms with E-state index in [0.29, 0.717) is 28.0 Å². The summed E-state index contributed by atoms with van der Waals surface area (Å²) in [7, 11) is 0. The van der Waals surface area contributed by atoms with Crippen molar-refractivity contribution >= 4 is 46.8 Å². The van der Waals surface area contributed by atoms with E-state index in [1.807, 2.05) is 36.6 Å². The number of alkyl halides is 6. The molecule has 1 amide bonds. The third-order valence-corrected chi connectivity index (χ3v) is 6.28. The highest BCUT2D eigenvalue weighted by Crippen LogP contribution is 2.26. The van der Waals surface area contributed by atoms with E-state index >= 15 is 0 Å². The van der Waals surface area contributed by atoms with Crippen molar-refractivity contribution in [3.8, 4) is 11.6 Å². The summed E-state index contributed by atoms with van der Waals surface area (Å²) in [5.41, 5.74) is 2.66. The Bertz CT molecular complexity index is 1540. The summed E-state index contributed by atoms with van der Waals surface area (Å²) in [5.74, 6) is -1.34. The first kappa shape index (κ1) is 36.3. The van der Waals surface area contributed by atoms with Crippen LogP contribution in [0, 0.1) is 6.92 Å². The van der Waals surface area contributed by atoms with Crippen LogP contribution in [-0.4, -0.2) is 82.3 Å². The molecule has 0 unspecified atom stereocenters. The number of carbonyl (C=O) groups excluding carboxylic acids is 1. The third kappa shape index (κ3) is 12.3. The number of benzene rings is 1. The lowest BCUT2D eigenvalue weighted by Gasteiger charge is -2.29. The third-order valence-electron chi connectivity index (χ3n) is 5.26. The molecule has 3 aromatic heterocycles. The maximum atomic E-state index is 12.4. The first-order valence-electron chi connectivity index (χ1n) is 12.4. The fourth-order valence-corrected chi connectivity index (χ4v) is 4.26. The number of aryl methyl sites for hydroxylation is 1. The highest BCUT2D eigenvalue weighted by atomic mass is 32.1. The van der Waals surface area contributed by atoms with Gasteiger partial charge in [0.2, 0.25) is 5.88 Å². The molecule has 12 nitrogen and oxygen atoms in total. The lowest BCUT2D eigenvalue weighted by atomic mass is 10.2. The van der Waals surface area contributed by atoms with Crippen molar-refractivity contribution in [3.63, 3.8) is 0 Å². The zero-order valence-corrected chi connectivity index (χ0v) is 23.9. The van der Waals surface area contributed by atoms with Gasteiger partial charge in [-0.1, -0.05) is 6.07 Å². The molecule has 3 N–H and O–H groups in total. The molecule has 5 rings (SSSR count). The number of hydrogen-bond acceptors (Lipinski definition) is 9. The highest BCUT2D eigenvalue weighted by Gasteiger charge is 2.38. The fraction of sp³-hybridized carbons (Fsp3) is 0.269. The molecule has 4 heterocycles. The number of nitrogens with zero attached hydrogens (tertiary/aromatic N) is 4. The number of carbonyl (C=O) groups is 3. The van der Waals surface area contributed by atoms with Crippen LogP contribution < -0.4 is 15.0 Å². The number of aliphatic carboxylic acids is 1. The summed E-state index contributed by atoms with van der Waals surface area (Å²) >= 11 is 1.41. The first-order valence-corrected chi connectivity index (χ1v) is 13.3. The van der Waals surface area contributed by atoms with Crippen molar-refractivity contribution in [2.75, 3.05) is 36.5 Å². The molecule has 19 heteroatoms. The molecule has 1 fully saturated rings. The molecule has 0 saturated carbocycles. The van der Waals surface area contributed by atoms with E-state index in [1.165, 1.54) is 11.3 Å². The number of thiophene rings is 1. The van der Waals surface area contributed by atoms with E-state index in [2.05, 4.69) is 26.4 Å². The molecule has 0 aliphatic carbocycles. The number of rotatable bonds is 5. The fourth-order valence-electron chi connectivity index (χ4n) is 3.44. The van der Waals surface area contributed by atoms with E-state index in [-0.39, 0.29) is 12.4 Å². The standard InChI is InChI=1S/C22H21N5O3S.C2HF3O2.CHF3.CH2O2/c1-15-7-12-31-21(15)22(28)24-18-14-27-19(23-18)5-6-20(25-27)30-17-4-2-3-16(13-17)26-8-10-29-11-9-26;3-2(4,5)1(6)7;2-1(3)4;2-1-3/h2-7,12-14H,8-11H2,1H3,(H,24,28);(H,6,7);1H;1H,(H,2,3). The van der Waals surface area contributed by atoms with Gasteiger partial charge in [0.1, 0.15) is 5.75 Å². The Labute approximate surface area is 254 Å². The van der Waals surface area contributed by atoms with Gasteiger partial charge in [0.15, 0.2) is 11.5 Å². The van der Waals surface area contributed by atoms with Gasteiger partial charge >= 0.3 is 18.8 Å². The van der Waals surface area contributed by atoms with Crippen LogP contribution in [0.5, 0.6) is 11.6 Å². The molecule has 1 aliphatic rings. The maximum absolute atomic E-state index is 12.4. The van der Waals surface area contributed by atoms with Gasteiger partial charge in [0.25, 0.3) is 12.4 Å². The van der Waals surface area contributed by atoms with Crippen LogP contribution in [0.3, 0.4) is 0 Å². The second-order valence-electron chi connectivity index (χ2n) is 8.34. The Kier molecular flexibility index (Phi) is 14.0. The molecule has 1 aliphatic heterocycles. The lowest BCUT2D eigenvalue weighted by Crippen LogP contribution is -2.36. The molecular formula is C26H25F6N5O7S. The quantitative estimate of drug-likeness (QED) is 0.184. The number of anilines is 2. The molecular weight excluding hydrogens is 640 g/mol. The maximum Gasteiger partial charge on any atom is 0.490 e. The SMILES string of the molecule is Cc1ccsc1C(=O)Nc1cn2nc(Oc3cccc(N4CCOCC4)c3)ccc2n1.FC(F)F.O=C(O)C(F)(F)F.O=CO. The van der Waals surface area contributed by atoms with Crippen LogP contribution in [0.2, 0.25) is 0 Å². The van der Waals surface area contributed by atoms with Gasteiger partial charge in [-0.3, -0.25) is 9.59 Å². The van der Waals surface area contributed by atoms with E-state index in [4.69, 9.17) is 29.3 Å². The van der Waals surface area contributed by atoms with Gasteiger partial charge in [-0.2, -0.15) is 26.3 Å². The molecule has 1 aromatic carbocycles. The number of hydrogen-bond donors (Lipinski definition) is 3. The lowest BCUT2D eigenvalue weighted by molar-refractivity contribution is -0.192. The number of ether oxygens (including phenoxy) is 2. The van der Waals surface area contributed by atoms with Gasteiger partial charge in [-0.25, -0.2) is 14.3 Å². The minimum Gasteiger partial charge on any atom is -0.483 e. The average molecular weight is 666 g/mol. The molecule has 0 bridgehead atoms. The molecule has 0 spiro atoms. The Morgan fingerprint density at radius 3 is 2.31 bits per heavy atom. The summed E-state index contributed by atoms with van der Waals surface area (Å²) in [6.45, 7) is 1.18. The summed E-state index contributed by atoms with van der Waals surface area (Å²) in [4.78, 5) is 37.1. The van der Waals surface area contributed by atoms with Gasteiger partial charge in [-0.15, -0.1) is 16.4 Å². The van der Waals surface area contributed by atoms with E-state index in [9.17, 15) is 31.1 Å². The predicted octanol–water partition coefficient (Wildman–Crippen LogP) is 5.49. The van der Waals surface area contributed by atoms with E-state index in [0.717, 1.165) is 37.6 Å². The van der Waals surface area contributed by atoms with Crippen molar-refractivity contribution < 1.29 is 60.4 Å². The van der Waals surface area contributed by atoms with Crippen LogP contribution in [-0.2, 0) is 14.3 Å². The molecule has 244 valence electrons. The van der Waals surface area contributed by atoms with Crippen molar-refractivity contribution in [1.29, 1.82) is 0 Å². The van der Waals surface area contributed by atoms with Gasteiger partial charge in [0.05, 0.1) is 24.3 Å². The number of nitrogens with one attached hydrogen (secondary N) is 1. The summed E-state index contributed by atoms with van der Waals surface area (Å²) in [5, 5.41) is 23.2. The van der Waals surface area contributed by atoms with Gasteiger partial charge in [0, 0.05) is 30.9 Å². The van der Waals surface area contributed by atoms with Crippen molar-refractivity contribution in [2.45, 2.75) is 19.8 Å². The highest BCUT2D eigenvalue weighted by molar-refractivity contribution is 7.12. The number of imidazole rings is 1. The van der Waals surface area contributed by atoms with Gasteiger partial charge < -0.3 is 29.9 Å². The Balaban J connectivity index is 0.000000426. The molecule has 1 saturated heterocycles. The van der Waals surface area contributed by atoms with Crippen LogP contribution in [0.15, 0.2) is 54.0 Å². The van der Waals surface area contributed by atoms with E-state index in [1.54, 1.807) is 22.8 Å². The number of halogens is 6. The second-order valence-corrected chi connectivity index (χ2v) is 9.26. The number of carboxylic acids is 1. The normalized spacial score (nSPS) is 12.5. The predicted molar refractivity (Wildman–Crippen MR) is 149 cm³/mol. The van der Waals surface area contributed by atoms with Crippen molar-refractivity contribution in [2.24, 2.45) is 0 Å². The minimum absolute atomic E-state index is 0.174. The number of aromatic nitrogens is 3. The Morgan fingerprint density at radius 2 is 1.76 bits per heavy atom. The second kappa shape index (κ2) is 17.4. The van der Waals surface area contributed by atoms with Crippen LogP contribution in [0.1, 0.15) is 15.2 Å². The van der Waals surface area contributed by atoms with Crippen LogP contribution >= 0.6 is 11.3 Å². The number of amides is 1. The zero-order chi connectivity index (χ0) is 33.6. The summed E-state index contributed by atoms with van der Waals surface area (Å²) in [6.07, 6.45) is -3.41. The number of fused-ring (bicyclic) bond motifs is 1. The van der Waals surface area contributed by atoms with Crippen molar-refractivity contribution in [1.82, 2.24) is 14.6 Å². The largest absolute Gasteiger partial charge is 0.490 e. The topological polar surface area (TPSA) is 156 Å². The Hall–Kier alpha value is -4.91. The number of carboxylic acid groups (broad SMARTS) is 2. The molecule has 45 heavy (non-hydrogen) atoms. The first-order chi connectivity index (χ1) is 21.2. The monoisotopic (exact) mass is 665 g/mol. The minimum atomic E-state index is -5.08. The average Bonchev–Trinajstić information content (AvgIpc) is 3.58. The molecule has 0 radical (unpaired) electrons. The smallest absolute Gasteiger partial charge is 0.483 e.